The Morgan fingerprint density at radius 2 is 1.43 bits per heavy atom. The van der Waals surface area contributed by atoms with Crippen LogP contribution in [0.25, 0.3) is 22.3 Å². The number of ether oxygens (including phenoxy) is 2. The number of aromatic amines is 2. The van der Waals surface area contributed by atoms with E-state index in [1.807, 2.05) is 0 Å². The number of phosphoric acid groups is 1. The van der Waals surface area contributed by atoms with Gasteiger partial charge in [0.2, 0.25) is 11.9 Å². The van der Waals surface area contributed by atoms with Gasteiger partial charge in [-0.15, -0.1) is 0 Å². The van der Waals surface area contributed by atoms with Crippen LogP contribution in [0.1, 0.15) is 12.5 Å². The summed E-state index contributed by atoms with van der Waals surface area (Å²) in [5.74, 6) is -0.576. The highest BCUT2D eigenvalue weighted by molar-refractivity contribution is 8.44. The maximum atomic E-state index is 15.9. The van der Waals surface area contributed by atoms with Gasteiger partial charge in [0.25, 0.3) is 11.1 Å². The lowest BCUT2D eigenvalue weighted by atomic mass is 10.1. The summed E-state index contributed by atoms with van der Waals surface area (Å²) in [6.07, 6.45) is -11.4. The van der Waals surface area contributed by atoms with Crippen LogP contribution in [0, 0.1) is 0 Å². The Bertz CT molecular complexity index is 2060. The number of nitrogen functional groups attached to an aromatic ring is 2. The number of thiol groups is 1. The molecule has 46 heavy (non-hydrogen) atoms. The van der Waals surface area contributed by atoms with E-state index in [0.717, 1.165) is 21.8 Å². The van der Waals surface area contributed by atoms with E-state index in [4.69, 9.17) is 39.0 Å². The molecule has 10 unspecified atom stereocenters. The van der Waals surface area contributed by atoms with Gasteiger partial charge in [0.05, 0.1) is 25.9 Å². The maximum absolute atomic E-state index is 15.9. The van der Waals surface area contributed by atoms with Crippen LogP contribution in [-0.2, 0) is 36.7 Å². The number of aliphatic hydroxyl groups is 1. The molecule has 0 radical (unpaired) electrons. The van der Waals surface area contributed by atoms with Crippen molar-refractivity contribution < 1.29 is 51.1 Å². The van der Waals surface area contributed by atoms with Gasteiger partial charge in [-0.05, 0) is 0 Å². The fourth-order valence-corrected chi connectivity index (χ4v) is 7.75. The van der Waals surface area contributed by atoms with Gasteiger partial charge in [0, 0.05) is 0 Å². The number of fused-ring (bicyclic) bond motifs is 5. The average Bonchev–Trinajstić information content (AvgIpc) is 3.72. The quantitative estimate of drug-likeness (QED) is 0.0956. The van der Waals surface area contributed by atoms with Gasteiger partial charge in [-0.25, -0.2) is 23.5 Å². The Morgan fingerprint density at radius 1 is 0.891 bits per heavy atom. The van der Waals surface area contributed by atoms with Crippen LogP contribution in [-0.4, -0.2) is 98.9 Å². The van der Waals surface area contributed by atoms with Crippen molar-refractivity contribution in [1.82, 2.24) is 39.0 Å². The summed E-state index contributed by atoms with van der Waals surface area (Å²) in [5, 5.41) is 11.1. The molecule has 22 nitrogen and oxygen atoms in total. The number of nitrogens with zero attached hydrogens (tertiary/aromatic N) is 6. The lowest BCUT2D eigenvalue weighted by Gasteiger charge is -2.26. The van der Waals surface area contributed by atoms with E-state index < -0.39 is 88.1 Å². The van der Waals surface area contributed by atoms with Crippen molar-refractivity contribution in [2.45, 2.75) is 49.1 Å². The van der Waals surface area contributed by atoms with Crippen molar-refractivity contribution in [1.29, 1.82) is 0 Å². The summed E-state index contributed by atoms with van der Waals surface area (Å²) in [6, 6.07) is 0. The second kappa shape index (κ2) is 11.2. The number of aliphatic hydroxyl groups excluding tert-OH is 1. The minimum atomic E-state index is -5.15. The lowest BCUT2D eigenvalue weighted by Crippen LogP contribution is -2.35. The molecule has 7 rings (SSSR count). The van der Waals surface area contributed by atoms with Crippen molar-refractivity contribution in [2.75, 3.05) is 24.7 Å². The SMILES string of the molecule is Nc1nc2c(ncn2C2OC3COP(=O)(S)OC4C(O)C(COP(=O)(O)OC3C2F)OC4n2cnc3c(=O)[nH]c(N)nc32)c(=O)[nH]1. The fraction of sp³-hybridized carbons (Fsp3) is 0.500. The van der Waals surface area contributed by atoms with E-state index in [-0.39, 0.29) is 34.2 Å². The van der Waals surface area contributed by atoms with Gasteiger partial charge >= 0.3 is 14.6 Å². The van der Waals surface area contributed by atoms with E-state index in [2.05, 4.69) is 42.2 Å². The Kier molecular flexibility index (Phi) is 7.60. The number of hydrogen-bond donors (Lipinski definition) is 7. The summed E-state index contributed by atoms with van der Waals surface area (Å²) in [6.45, 7) is -6.14. The molecule has 7 heterocycles. The zero-order valence-electron chi connectivity index (χ0n) is 22.7. The predicted octanol–water partition coefficient (Wildman–Crippen LogP) is -1.13. The Balaban J connectivity index is 1.21. The number of alkyl halides is 1. The number of aromatic nitrogens is 8. The van der Waals surface area contributed by atoms with Crippen LogP contribution in [0.2, 0.25) is 0 Å². The maximum Gasteiger partial charge on any atom is 0.472 e. The Labute approximate surface area is 258 Å². The molecule has 248 valence electrons. The summed E-state index contributed by atoms with van der Waals surface area (Å²) in [5.41, 5.74) is 9.24. The first-order valence-corrected chi connectivity index (χ1v) is 17.3. The molecular formula is C20H23FN10O12P2S. The zero-order valence-corrected chi connectivity index (χ0v) is 25.4. The number of hydrogen-bond acceptors (Lipinski definition) is 17. The molecular weight excluding hydrogens is 685 g/mol. The number of rotatable bonds is 2. The monoisotopic (exact) mass is 708 g/mol. The van der Waals surface area contributed by atoms with E-state index in [1.54, 1.807) is 0 Å². The van der Waals surface area contributed by atoms with E-state index in [0.29, 0.717) is 0 Å². The van der Waals surface area contributed by atoms with Gasteiger partial charge in [-0.1, -0.05) is 12.2 Å². The third kappa shape index (κ3) is 5.44. The Hall–Kier alpha value is -3.28. The highest BCUT2D eigenvalue weighted by Crippen LogP contribution is 2.58. The molecule has 3 fully saturated rings. The molecule has 3 aliphatic heterocycles. The predicted molar refractivity (Wildman–Crippen MR) is 152 cm³/mol. The summed E-state index contributed by atoms with van der Waals surface area (Å²) in [7, 11) is -5.15. The van der Waals surface area contributed by atoms with Crippen molar-refractivity contribution in [3.8, 4) is 0 Å². The lowest BCUT2D eigenvalue weighted by molar-refractivity contribution is -0.0619. The average molecular weight is 708 g/mol. The topological polar surface area (TPSA) is 309 Å². The molecule has 4 aromatic heterocycles. The summed E-state index contributed by atoms with van der Waals surface area (Å²) < 4.78 is 77.4. The second-order valence-corrected chi connectivity index (χ2v) is 14.6. The first-order chi connectivity index (χ1) is 21.7. The smallest absolute Gasteiger partial charge is 0.387 e. The molecule has 8 N–H and O–H groups in total. The number of anilines is 2. The molecule has 0 aliphatic carbocycles. The van der Waals surface area contributed by atoms with Gasteiger partial charge in [0.15, 0.2) is 41.0 Å². The van der Waals surface area contributed by atoms with Crippen LogP contribution in [0.5, 0.6) is 0 Å². The standard InChI is InChI=1S/C20H23FN10O12P2S/c21-7-11-6(41-17(7)30-3-24-8-13(30)26-19(22)28-15(8)33)2-39-45(37,46)43-12-10(32)5(1-38-44(35,36)42-11)40-18(12)31-4-25-9-14(31)27-20(23)29-16(9)34/h3-7,10-12,17-18,32H,1-2H2,(H,35,36)(H,37,46)(H3,22,26,28,33)(H3,23,27,29,34). The number of nitrogens with one attached hydrogen (secondary N) is 2. The van der Waals surface area contributed by atoms with Gasteiger partial charge in [-0.3, -0.25) is 46.8 Å². The number of imidazole rings is 2. The fourth-order valence-electron chi connectivity index (χ4n) is 5.33. The highest BCUT2D eigenvalue weighted by Gasteiger charge is 2.54. The van der Waals surface area contributed by atoms with Crippen LogP contribution in [0.15, 0.2) is 22.2 Å². The molecule has 0 spiro atoms. The van der Waals surface area contributed by atoms with Crippen molar-refractivity contribution in [3.05, 3.63) is 33.4 Å². The van der Waals surface area contributed by atoms with Crippen LogP contribution in [0.4, 0.5) is 16.3 Å². The van der Waals surface area contributed by atoms with E-state index in [1.165, 1.54) is 0 Å². The number of nitrogens with two attached hydrogens (primary N) is 2. The Morgan fingerprint density at radius 3 is 2.04 bits per heavy atom. The number of phosphoric ester groups is 1. The first kappa shape index (κ1) is 31.3. The summed E-state index contributed by atoms with van der Waals surface area (Å²) in [4.78, 5) is 55.5. The normalized spacial score (nSPS) is 37.1. The van der Waals surface area contributed by atoms with Crippen LogP contribution < -0.4 is 22.6 Å². The number of halogens is 1. The minimum absolute atomic E-state index is 0.103. The van der Waals surface area contributed by atoms with Crippen LogP contribution in [0.3, 0.4) is 0 Å². The van der Waals surface area contributed by atoms with Crippen molar-refractivity contribution >= 4 is 61.1 Å². The zero-order chi connectivity index (χ0) is 32.7. The van der Waals surface area contributed by atoms with Gasteiger partial charge in [0.1, 0.15) is 30.5 Å². The molecule has 10 atom stereocenters. The van der Waals surface area contributed by atoms with E-state index in [9.17, 15) is 28.7 Å². The molecule has 0 saturated carbocycles. The van der Waals surface area contributed by atoms with E-state index >= 15 is 4.39 Å². The molecule has 3 aliphatic rings. The first-order valence-electron chi connectivity index (χ1n) is 13.1. The third-order valence-corrected chi connectivity index (χ3v) is 9.94. The molecule has 4 aromatic rings. The molecule has 2 bridgehead atoms. The van der Waals surface area contributed by atoms with Crippen molar-refractivity contribution in [2.24, 2.45) is 0 Å². The van der Waals surface area contributed by atoms with Crippen molar-refractivity contribution in [3.63, 3.8) is 0 Å². The molecule has 0 amide bonds. The van der Waals surface area contributed by atoms with Gasteiger partial charge in [-0.2, -0.15) is 9.97 Å². The third-order valence-electron chi connectivity index (χ3n) is 7.34. The molecule has 26 heteroatoms. The summed E-state index contributed by atoms with van der Waals surface area (Å²) >= 11 is 3.99. The molecule has 3 saturated heterocycles. The van der Waals surface area contributed by atoms with Gasteiger partial charge < -0.3 is 30.9 Å². The molecule has 0 aromatic carbocycles. The minimum Gasteiger partial charge on any atom is -0.387 e. The second-order valence-electron chi connectivity index (χ2n) is 10.3. The number of H-pyrrole nitrogens is 2. The highest BCUT2D eigenvalue weighted by atomic mass is 32.7. The van der Waals surface area contributed by atoms with Crippen LogP contribution >= 0.6 is 26.9 Å². The largest absolute Gasteiger partial charge is 0.472 e.